The van der Waals surface area contributed by atoms with Crippen LogP contribution in [0, 0.1) is 5.92 Å². The van der Waals surface area contributed by atoms with E-state index in [0.717, 1.165) is 6.54 Å². The number of ether oxygens (including phenoxy) is 1. The summed E-state index contributed by atoms with van der Waals surface area (Å²) in [6, 6.07) is 0. The molecule has 15 heavy (non-hydrogen) atoms. The van der Waals surface area contributed by atoms with Crippen molar-refractivity contribution in [2.45, 2.75) is 32.7 Å². The van der Waals surface area contributed by atoms with Gasteiger partial charge in [0.15, 0.2) is 5.69 Å². The highest BCUT2D eigenvalue weighted by Crippen LogP contribution is 2.27. The maximum atomic E-state index is 11.5. The molecule has 5 heteroatoms. The summed E-state index contributed by atoms with van der Waals surface area (Å²) in [5.74, 6) is 0.321. The van der Waals surface area contributed by atoms with Gasteiger partial charge in [-0.25, -0.2) is 9.48 Å². The summed E-state index contributed by atoms with van der Waals surface area (Å²) in [5.41, 5.74) is 0.462. The average Bonchev–Trinajstić information content (AvgIpc) is 2.59. The highest BCUT2D eigenvalue weighted by molar-refractivity contribution is 5.87. The predicted octanol–water partition coefficient (Wildman–Crippen LogP) is 1.25. The van der Waals surface area contributed by atoms with Crippen LogP contribution in [0.3, 0.4) is 0 Å². The number of hydrogen-bond acceptors (Lipinski definition) is 4. The monoisotopic (exact) mass is 209 g/mol. The zero-order chi connectivity index (χ0) is 10.7. The molecule has 1 saturated carbocycles. The smallest absolute Gasteiger partial charge is 0.358 e. The van der Waals surface area contributed by atoms with Crippen LogP contribution in [0.5, 0.6) is 0 Å². The minimum Gasteiger partial charge on any atom is -0.461 e. The third-order valence-electron chi connectivity index (χ3n) is 2.76. The Kier molecular flexibility index (Phi) is 2.99. The van der Waals surface area contributed by atoms with Gasteiger partial charge < -0.3 is 4.74 Å². The van der Waals surface area contributed by atoms with Crippen molar-refractivity contribution in [1.29, 1.82) is 0 Å². The number of carbonyl (C=O) groups excluding carboxylic acids is 1. The molecule has 1 fully saturated rings. The van der Waals surface area contributed by atoms with Crippen molar-refractivity contribution in [3.63, 3.8) is 0 Å². The lowest BCUT2D eigenvalue weighted by molar-refractivity contribution is 0.0509. The van der Waals surface area contributed by atoms with Crippen molar-refractivity contribution >= 4 is 5.97 Å². The lowest BCUT2D eigenvalue weighted by Crippen LogP contribution is -2.22. The van der Waals surface area contributed by atoms with Gasteiger partial charge in [-0.3, -0.25) is 0 Å². The number of esters is 1. The molecular formula is C10H15N3O2. The van der Waals surface area contributed by atoms with E-state index in [9.17, 15) is 4.79 Å². The zero-order valence-corrected chi connectivity index (χ0v) is 8.85. The van der Waals surface area contributed by atoms with E-state index in [4.69, 9.17) is 4.74 Å². The van der Waals surface area contributed by atoms with Crippen LogP contribution in [-0.2, 0) is 11.3 Å². The fraction of sp³-hybridized carbons (Fsp3) is 0.700. The summed E-state index contributed by atoms with van der Waals surface area (Å²) in [6.07, 6.45) is 5.20. The fourth-order valence-electron chi connectivity index (χ4n) is 1.68. The first-order valence-corrected chi connectivity index (χ1v) is 5.37. The summed E-state index contributed by atoms with van der Waals surface area (Å²) < 4.78 is 6.57. The summed E-state index contributed by atoms with van der Waals surface area (Å²) in [7, 11) is 0. The van der Waals surface area contributed by atoms with Gasteiger partial charge in [-0.15, -0.1) is 5.10 Å². The van der Waals surface area contributed by atoms with Crippen LogP contribution in [0.4, 0.5) is 0 Å². The molecule has 0 spiro atoms. The number of hydrogen-bond donors (Lipinski definition) is 0. The van der Waals surface area contributed by atoms with E-state index in [1.54, 1.807) is 11.6 Å². The van der Waals surface area contributed by atoms with Gasteiger partial charge in [0, 0.05) is 6.54 Å². The van der Waals surface area contributed by atoms with E-state index in [1.165, 1.54) is 25.5 Å². The molecule has 0 N–H and O–H groups in total. The van der Waals surface area contributed by atoms with Crippen LogP contribution >= 0.6 is 0 Å². The second-order valence-corrected chi connectivity index (χ2v) is 3.82. The summed E-state index contributed by atoms with van der Waals surface area (Å²) in [5, 5.41) is 7.66. The first-order chi connectivity index (χ1) is 7.31. The third-order valence-corrected chi connectivity index (χ3v) is 2.76. The normalized spacial score (nSPS) is 16.1. The SMILES string of the molecule is CCOC(=O)c1cnnn1CC1CCC1. The first kappa shape index (κ1) is 10.1. The molecule has 0 radical (unpaired) electrons. The average molecular weight is 209 g/mol. The third kappa shape index (κ3) is 2.16. The zero-order valence-electron chi connectivity index (χ0n) is 8.85. The molecule has 82 valence electrons. The molecule has 0 aromatic carbocycles. The largest absolute Gasteiger partial charge is 0.461 e. The maximum absolute atomic E-state index is 11.5. The highest BCUT2D eigenvalue weighted by Gasteiger charge is 2.21. The Bertz CT molecular complexity index is 344. The number of aromatic nitrogens is 3. The van der Waals surface area contributed by atoms with Gasteiger partial charge in [-0.2, -0.15) is 0 Å². The van der Waals surface area contributed by atoms with Crippen molar-refractivity contribution in [3.05, 3.63) is 11.9 Å². The molecule has 1 aliphatic rings. The molecule has 5 nitrogen and oxygen atoms in total. The van der Waals surface area contributed by atoms with Crippen LogP contribution in [0.2, 0.25) is 0 Å². The molecule has 0 bridgehead atoms. The Morgan fingerprint density at radius 1 is 1.67 bits per heavy atom. The minimum absolute atomic E-state index is 0.332. The molecule has 0 amide bonds. The highest BCUT2D eigenvalue weighted by atomic mass is 16.5. The second kappa shape index (κ2) is 4.42. The number of nitrogens with zero attached hydrogens (tertiary/aromatic N) is 3. The van der Waals surface area contributed by atoms with Gasteiger partial charge in [0.2, 0.25) is 0 Å². The van der Waals surface area contributed by atoms with E-state index >= 15 is 0 Å². The minimum atomic E-state index is -0.332. The fourth-order valence-corrected chi connectivity index (χ4v) is 1.68. The Hall–Kier alpha value is -1.39. The molecule has 1 heterocycles. The standard InChI is InChI=1S/C10H15N3O2/c1-2-15-10(14)9-6-11-12-13(9)7-8-4-3-5-8/h6,8H,2-5,7H2,1H3. The topological polar surface area (TPSA) is 57.0 Å². The molecule has 1 aromatic heterocycles. The molecule has 2 rings (SSSR count). The van der Waals surface area contributed by atoms with Crippen molar-refractivity contribution in [1.82, 2.24) is 15.0 Å². The Morgan fingerprint density at radius 3 is 3.07 bits per heavy atom. The van der Waals surface area contributed by atoms with Gasteiger partial charge in [0.25, 0.3) is 0 Å². The number of carbonyl (C=O) groups is 1. The van der Waals surface area contributed by atoms with Crippen molar-refractivity contribution in [3.8, 4) is 0 Å². The predicted molar refractivity (Wildman–Crippen MR) is 53.3 cm³/mol. The molecule has 0 atom stereocenters. The molecule has 1 aliphatic carbocycles. The van der Waals surface area contributed by atoms with Crippen LogP contribution in [0.1, 0.15) is 36.7 Å². The van der Waals surface area contributed by atoms with E-state index in [-0.39, 0.29) is 5.97 Å². The Morgan fingerprint density at radius 2 is 2.47 bits per heavy atom. The van der Waals surface area contributed by atoms with E-state index in [0.29, 0.717) is 18.2 Å². The molecule has 1 aromatic rings. The van der Waals surface area contributed by atoms with Crippen LogP contribution in [-0.4, -0.2) is 27.6 Å². The van der Waals surface area contributed by atoms with Crippen LogP contribution in [0.25, 0.3) is 0 Å². The van der Waals surface area contributed by atoms with E-state index < -0.39 is 0 Å². The van der Waals surface area contributed by atoms with Crippen molar-refractivity contribution in [2.24, 2.45) is 5.92 Å². The van der Waals surface area contributed by atoms with Crippen LogP contribution < -0.4 is 0 Å². The molecule has 0 unspecified atom stereocenters. The lowest BCUT2D eigenvalue weighted by atomic mass is 9.85. The lowest BCUT2D eigenvalue weighted by Gasteiger charge is -2.25. The van der Waals surface area contributed by atoms with E-state index in [1.807, 2.05) is 0 Å². The maximum Gasteiger partial charge on any atom is 0.358 e. The first-order valence-electron chi connectivity index (χ1n) is 5.37. The van der Waals surface area contributed by atoms with Gasteiger partial charge in [-0.1, -0.05) is 11.6 Å². The Balaban J connectivity index is 2.03. The summed E-state index contributed by atoms with van der Waals surface area (Å²) in [4.78, 5) is 11.5. The van der Waals surface area contributed by atoms with E-state index in [2.05, 4.69) is 10.3 Å². The van der Waals surface area contributed by atoms with Gasteiger partial charge in [0.1, 0.15) is 0 Å². The van der Waals surface area contributed by atoms with Crippen molar-refractivity contribution in [2.75, 3.05) is 6.61 Å². The quantitative estimate of drug-likeness (QED) is 0.700. The molecule has 0 saturated heterocycles. The Labute approximate surface area is 88.4 Å². The van der Waals surface area contributed by atoms with Gasteiger partial charge in [-0.05, 0) is 25.7 Å². The molecule has 0 aliphatic heterocycles. The summed E-state index contributed by atoms with van der Waals surface area (Å²) >= 11 is 0. The second-order valence-electron chi connectivity index (χ2n) is 3.82. The van der Waals surface area contributed by atoms with Gasteiger partial charge in [0.05, 0.1) is 12.8 Å². The summed E-state index contributed by atoms with van der Waals surface area (Å²) in [6.45, 7) is 2.96. The van der Waals surface area contributed by atoms with Crippen molar-refractivity contribution < 1.29 is 9.53 Å². The van der Waals surface area contributed by atoms with Crippen LogP contribution in [0.15, 0.2) is 6.20 Å². The number of rotatable bonds is 4. The molecular weight excluding hydrogens is 194 g/mol. The van der Waals surface area contributed by atoms with Gasteiger partial charge >= 0.3 is 5.97 Å².